The maximum absolute atomic E-state index is 12.8. The second kappa shape index (κ2) is 7.50. The molecule has 2 heterocycles. The molecule has 1 aromatic heterocycles. The SMILES string of the molecule is COc1cc2ccccc2cc1C(=O)OC1CN(c2nc3c(OC)cccc3s2)C1. The lowest BCUT2D eigenvalue weighted by atomic mass is 10.1. The summed E-state index contributed by atoms with van der Waals surface area (Å²) in [6, 6.07) is 17.5. The zero-order chi connectivity index (χ0) is 20.7. The van der Waals surface area contributed by atoms with Crippen LogP contribution in [0.3, 0.4) is 0 Å². The Balaban J connectivity index is 1.30. The Morgan fingerprint density at radius 2 is 1.73 bits per heavy atom. The first-order chi connectivity index (χ1) is 14.7. The van der Waals surface area contributed by atoms with E-state index in [0.29, 0.717) is 24.4 Å². The van der Waals surface area contributed by atoms with Gasteiger partial charge in [-0.1, -0.05) is 41.7 Å². The van der Waals surface area contributed by atoms with Gasteiger partial charge in [0.25, 0.3) is 0 Å². The van der Waals surface area contributed by atoms with Gasteiger partial charge in [-0.2, -0.15) is 0 Å². The van der Waals surface area contributed by atoms with Crippen LogP contribution in [-0.2, 0) is 4.74 Å². The summed E-state index contributed by atoms with van der Waals surface area (Å²) < 4.78 is 17.6. The molecule has 4 aromatic rings. The van der Waals surface area contributed by atoms with Gasteiger partial charge in [0.1, 0.15) is 28.7 Å². The molecule has 6 nitrogen and oxygen atoms in total. The molecule has 0 N–H and O–H groups in total. The molecule has 1 aliphatic rings. The zero-order valence-corrected chi connectivity index (χ0v) is 17.4. The van der Waals surface area contributed by atoms with E-state index >= 15 is 0 Å². The van der Waals surface area contributed by atoms with Crippen molar-refractivity contribution in [3.05, 3.63) is 60.2 Å². The number of nitrogens with zero attached hydrogens (tertiary/aromatic N) is 2. The molecule has 5 rings (SSSR count). The van der Waals surface area contributed by atoms with Gasteiger partial charge in [0, 0.05) is 0 Å². The summed E-state index contributed by atoms with van der Waals surface area (Å²) in [5.74, 6) is 0.920. The van der Waals surface area contributed by atoms with Gasteiger partial charge in [-0.15, -0.1) is 0 Å². The highest BCUT2D eigenvalue weighted by molar-refractivity contribution is 7.22. The van der Waals surface area contributed by atoms with Crippen molar-refractivity contribution < 1.29 is 19.0 Å². The number of hydrogen-bond acceptors (Lipinski definition) is 7. The number of aromatic nitrogens is 1. The van der Waals surface area contributed by atoms with E-state index in [9.17, 15) is 4.79 Å². The minimum absolute atomic E-state index is 0.178. The van der Waals surface area contributed by atoms with E-state index in [0.717, 1.165) is 31.9 Å². The molecule has 3 aromatic carbocycles. The largest absolute Gasteiger partial charge is 0.496 e. The number of thiazole rings is 1. The van der Waals surface area contributed by atoms with Crippen LogP contribution < -0.4 is 14.4 Å². The third kappa shape index (κ3) is 3.21. The van der Waals surface area contributed by atoms with Crippen molar-refractivity contribution in [1.82, 2.24) is 4.98 Å². The lowest BCUT2D eigenvalue weighted by Gasteiger charge is -2.38. The van der Waals surface area contributed by atoms with Crippen molar-refractivity contribution in [3.8, 4) is 11.5 Å². The van der Waals surface area contributed by atoms with E-state index in [1.807, 2.05) is 54.6 Å². The number of fused-ring (bicyclic) bond motifs is 2. The van der Waals surface area contributed by atoms with E-state index in [1.54, 1.807) is 25.6 Å². The lowest BCUT2D eigenvalue weighted by molar-refractivity contribution is 0.0231. The van der Waals surface area contributed by atoms with Gasteiger partial charge >= 0.3 is 5.97 Å². The third-order valence-electron chi connectivity index (χ3n) is 5.27. The molecule has 0 unspecified atom stereocenters. The highest BCUT2D eigenvalue weighted by Crippen LogP contribution is 2.36. The second-order valence-electron chi connectivity index (χ2n) is 7.14. The van der Waals surface area contributed by atoms with E-state index < -0.39 is 0 Å². The molecule has 0 amide bonds. The quantitative estimate of drug-likeness (QED) is 0.443. The monoisotopic (exact) mass is 420 g/mol. The molecular weight excluding hydrogens is 400 g/mol. The molecule has 0 bridgehead atoms. The second-order valence-corrected chi connectivity index (χ2v) is 8.14. The fourth-order valence-electron chi connectivity index (χ4n) is 3.64. The number of carbonyl (C=O) groups is 1. The smallest absolute Gasteiger partial charge is 0.342 e. The molecule has 0 spiro atoms. The number of ether oxygens (including phenoxy) is 3. The first kappa shape index (κ1) is 18.7. The Bertz CT molecular complexity index is 1250. The van der Waals surface area contributed by atoms with Crippen molar-refractivity contribution in [3.63, 3.8) is 0 Å². The van der Waals surface area contributed by atoms with Crippen molar-refractivity contribution in [2.45, 2.75) is 6.10 Å². The lowest BCUT2D eigenvalue weighted by Crippen LogP contribution is -2.53. The molecule has 0 saturated carbocycles. The van der Waals surface area contributed by atoms with Crippen molar-refractivity contribution >= 4 is 43.4 Å². The molecule has 1 saturated heterocycles. The Morgan fingerprint density at radius 3 is 2.47 bits per heavy atom. The molecule has 30 heavy (non-hydrogen) atoms. The van der Waals surface area contributed by atoms with Gasteiger partial charge in [-0.05, 0) is 35.0 Å². The van der Waals surface area contributed by atoms with Crippen LogP contribution in [0.25, 0.3) is 21.0 Å². The number of anilines is 1. The molecule has 7 heteroatoms. The number of benzene rings is 3. The van der Waals surface area contributed by atoms with Gasteiger partial charge in [0.15, 0.2) is 5.13 Å². The predicted octanol–water partition coefficient (Wildman–Crippen LogP) is 4.51. The molecule has 0 aliphatic carbocycles. The highest BCUT2D eigenvalue weighted by atomic mass is 32.1. The van der Waals surface area contributed by atoms with Crippen LogP contribution in [-0.4, -0.2) is 44.4 Å². The Labute approximate surface area is 177 Å². The summed E-state index contributed by atoms with van der Waals surface area (Å²) in [6.45, 7) is 1.23. The van der Waals surface area contributed by atoms with Crippen molar-refractivity contribution in [2.24, 2.45) is 0 Å². The molecule has 0 atom stereocenters. The summed E-state index contributed by atoms with van der Waals surface area (Å²) >= 11 is 1.61. The van der Waals surface area contributed by atoms with Gasteiger partial charge in [-0.3, -0.25) is 0 Å². The molecular formula is C23H20N2O4S. The number of carbonyl (C=O) groups excluding carboxylic acids is 1. The summed E-state index contributed by atoms with van der Waals surface area (Å²) in [6.07, 6.45) is -0.178. The van der Waals surface area contributed by atoms with Crippen LogP contribution in [0.4, 0.5) is 5.13 Å². The summed E-state index contributed by atoms with van der Waals surface area (Å²) in [5.41, 5.74) is 1.31. The van der Waals surface area contributed by atoms with E-state index in [2.05, 4.69) is 4.90 Å². The number of hydrogen-bond donors (Lipinski definition) is 0. The summed E-state index contributed by atoms with van der Waals surface area (Å²) in [7, 11) is 3.21. The van der Waals surface area contributed by atoms with Crippen LogP contribution in [0, 0.1) is 0 Å². The number of rotatable bonds is 5. The van der Waals surface area contributed by atoms with E-state index in [1.165, 1.54) is 0 Å². The Kier molecular flexibility index (Phi) is 4.67. The molecule has 1 aliphatic heterocycles. The normalized spacial score (nSPS) is 14.0. The van der Waals surface area contributed by atoms with Gasteiger partial charge < -0.3 is 19.1 Å². The first-order valence-electron chi connectivity index (χ1n) is 9.62. The average Bonchev–Trinajstić information content (AvgIpc) is 3.18. The Hall–Kier alpha value is -3.32. The summed E-state index contributed by atoms with van der Waals surface area (Å²) in [5, 5.41) is 2.90. The van der Waals surface area contributed by atoms with Crippen LogP contribution in [0.5, 0.6) is 11.5 Å². The standard InChI is InChI=1S/C23H20N2O4S/c1-27-18-8-5-9-20-21(18)24-23(30-20)25-12-16(13-25)29-22(26)17-10-14-6-3-4-7-15(14)11-19(17)28-2/h3-11,16H,12-13H2,1-2H3. The fraction of sp³-hybridized carbons (Fsp3) is 0.217. The van der Waals surface area contributed by atoms with Crippen molar-refractivity contribution in [2.75, 3.05) is 32.2 Å². The number of para-hydroxylation sites is 1. The first-order valence-corrected chi connectivity index (χ1v) is 10.4. The number of esters is 1. The van der Waals surface area contributed by atoms with Crippen LogP contribution >= 0.6 is 11.3 Å². The maximum Gasteiger partial charge on any atom is 0.342 e. The summed E-state index contributed by atoms with van der Waals surface area (Å²) in [4.78, 5) is 19.6. The van der Waals surface area contributed by atoms with Gasteiger partial charge in [0.05, 0.1) is 32.0 Å². The molecule has 1 fully saturated rings. The van der Waals surface area contributed by atoms with E-state index in [-0.39, 0.29) is 12.1 Å². The minimum Gasteiger partial charge on any atom is -0.496 e. The van der Waals surface area contributed by atoms with E-state index in [4.69, 9.17) is 19.2 Å². The van der Waals surface area contributed by atoms with Gasteiger partial charge in [0.2, 0.25) is 0 Å². The van der Waals surface area contributed by atoms with Gasteiger partial charge in [-0.25, -0.2) is 9.78 Å². The minimum atomic E-state index is -0.367. The number of methoxy groups -OCH3 is 2. The van der Waals surface area contributed by atoms with Crippen molar-refractivity contribution in [1.29, 1.82) is 0 Å². The van der Waals surface area contributed by atoms with Crippen LogP contribution in [0.15, 0.2) is 54.6 Å². The predicted molar refractivity (Wildman–Crippen MR) is 118 cm³/mol. The topological polar surface area (TPSA) is 60.9 Å². The van der Waals surface area contributed by atoms with Crippen LogP contribution in [0.1, 0.15) is 10.4 Å². The third-order valence-corrected chi connectivity index (χ3v) is 6.35. The average molecular weight is 420 g/mol. The molecule has 0 radical (unpaired) electrons. The molecule has 152 valence electrons. The Morgan fingerprint density at radius 1 is 1.00 bits per heavy atom. The fourth-order valence-corrected chi connectivity index (χ4v) is 4.64. The zero-order valence-electron chi connectivity index (χ0n) is 16.6. The van der Waals surface area contributed by atoms with Crippen LogP contribution in [0.2, 0.25) is 0 Å². The maximum atomic E-state index is 12.8. The highest BCUT2D eigenvalue weighted by Gasteiger charge is 2.33.